The van der Waals surface area contributed by atoms with Crippen LogP contribution in [0.5, 0.6) is 0 Å². The minimum atomic E-state index is -0.500. The number of thiophene rings is 1. The van der Waals surface area contributed by atoms with Crippen LogP contribution in [0.3, 0.4) is 0 Å². The zero-order valence-electron chi connectivity index (χ0n) is 12.9. The van der Waals surface area contributed by atoms with Crippen molar-refractivity contribution in [2.75, 3.05) is 0 Å². The second kappa shape index (κ2) is 8.93. The van der Waals surface area contributed by atoms with Gasteiger partial charge in [0.1, 0.15) is 0 Å². The number of rotatable bonds is 6. The van der Waals surface area contributed by atoms with Crippen LogP contribution in [-0.4, -0.2) is 18.0 Å². The topological polar surface area (TPSA) is 55.1 Å². The van der Waals surface area contributed by atoms with E-state index in [0.717, 1.165) is 12.0 Å². The molecule has 1 unspecified atom stereocenters. The van der Waals surface area contributed by atoms with Gasteiger partial charge in [0.15, 0.2) is 0 Å². The van der Waals surface area contributed by atoms with E-state index in [1.54, 1.807) is 11.3 Å². The van der Waals surface area contributed by atoms with Crippen molar-refractivity contribution >= 4 is 29.7 Å². The number of halogens is 1. The Morgan fingerprint density at radius 1 is 1.18 bits per heavy atom. The lowest BCUT2D eigenvalue weighted by molar-refractivity contribution is -0.122. The minimum absolute atomic E-state index is 0. The fourth-order valence-electron chi connectivity index (χ4n) is 2.26. The van der Waals surface area contributed by atoms with Crippen molar-refractivity contribution < 1.29 is 4.79 Å². The average molecular weight is 339 g/mol. The van der Waals surface area contributed by atoms with Crippen LogP contribution in [0.15, 0.2) is 42.5 Å². The number of aryl methyl sites for hydroxylation is 1. The molecule has 22 heavy (non-hydrogen) atoms. The van der Waals surface area contributed by atoms with Crippen molar-refractivity contribution in [3.8, 4) is 0 Å². The second-order valence-electron chi connectivity index (χ2n) is 5.42. The molecule has 1 heterocycles. The predicted octanol–water partition coefficient (Wildman–Crippen LogP) is 3.10. The van der Waals surface area contributed by atoms with Crippen LogP contribution < -0.4 is 11.1 Å². The van der Waals surface area contributed by atoms with E-state index in [4.69, 9.17) is 5.73 Å². The van der Waals surface area contributed by atoms with Gasteiger partial charge in [0.2, 0.25) is 5.91 Å². The fourth-order valence-corrected chi connectivity index (χ4v) is 3.28. The van der Waals surface area contributed by atoms with E-state index in [-0.39, 0.29) is 24.4 Å². The normalized spacial score (nSPS) is 13.0. The fraction of sp³-hybridized carbons (Fsp3) is 0.353. The lowest BCUT2D eigenvalue weighted by Crippen LogP contribution is -2.46. The minimum Gasteiger partial charge on any atom is -0.352 e. The second-order valence-corrected chi connectivity index (χ2v) is 6.79. The maximum absolute atomic E-state index is 12.1. The molecule has 120 valence electrons. The summed E-state index contributed by atoms with van der Waals surface area (Å²) in [5, 5.41) is 3.00. The molecule has 1 amide bonds. The van der Waals surface area contributed by atoms with Crippen molar-refractivity contribution in [2.24, 2.45) is 5.73 Å². The van der Waals surface area contributed by atoms with E-state index in [9.17, 15) is 4.79 Å². The van der Waals surface area contributed by atoms with Crippen LogP contribution in [0.25, 0.3) is 0 Å². The van der Waals surface area contributed by atoms with Crippen molar-refractivity contribution in [3.63, 3.8) is 0 Å². The highest BCUT2D eigenvalue weighted by atomic mass is 35.5. The molecule has 0 spiro atoms. The number of nitrogens with two attached hydrogens (primary N) is 1. The van der Waals surface area contributed by atoms with E-state index in [0.29, 0.717) is 6.42 Å². The van der Waals surface area contributed by atoms with Gasteiger partial charge in [-0.2, -0.15) is 0 Å². The first kappa shape index (κ1) is 18.7. The highest BCUT2D eigenvalue weighted by molar-refractivity contribution is 7.11. The molecule has 2 aromatic rings. The Labute approximate surface area is 142 Å². The number of nitrogens with one attached hydrogen (secondary N) is 1. The SMILES string of the molecule is Cc1ccc(CC(C)NC(=O)[C@@H](N)Cc2ccccc2)s1.Cl. The lowest BCUT2D eigenvalue weighted by Gasteiger charge is -2.17. The first-order chi connectivity index (χ1) is 10.0. The van der Waals surface area contributed by atoms with E-state index in [1.165, 1.54) is 9.75 Å². The van der Waals surface area contributed by atoms with Crippen molar-refractivity contribution in [3.05, 3.63) is 57.8 Å². The van der Waals surface area contributed by atoms with Gasteiger partial charge in [0, 0.05) is 22.2 Å². The summed E-state index contributed by atoms with van der Waals surface area (Å²) in [6, 6.07) is 13.7. The summed E-state index contributed by atoms with van der Waals surface area (Å²) in [5.41, 5.74) is 7.07. The molecule has 3 N–H and O–H groups in total. The molecule has 0 radical (unpaired) electrons. The van der Waals surface area contributed by atoms with Gasteiger partial charge in [-0.25, -0.2) is 0 Å². The van der Waals surface area contributed by atoms with Gasteiger partial charge in [-0.3, -0.25) is 4.79 Å². The predicted molar refractivity (Wildman–Crippen MR) is 95.7 cm³/mol. The highest BCUT2D eigenvalue weighted by Gasteiger charge is 2.16. The van der Waals surface area contributed by atoms with Crippen LogP contribution in [0, 0.1) is 6.92 Å². The van der Waals surface area contributed by atoms with Crippen LogP contribution in [0.1, 0.15) is 22.2 Å². The summed E-state index contributed by atoms with van der Waals surface area (Å²) in [6.45, 7) is 4.11. The van der Waals surface area contributed by atoms with Gasteiger partial charge in [0.05, 0.1) is 6.04 Å². The molecule has 0 bridgehead atoms. The molecule has 0 saturated heterocycles. The monoisotopic (exact) mass is 338 g/mol. The molecular weight excluding hydrogens is 316 g/mol. The van der Waals surface area contributed by atoms with Crippen molar-refractivity contribution in [2.45, 2.75) is 38.8 Å². The van der Waals surface area contributed by atoms with E-state index in [1.807, 2.05) is 37.3 Å². The molecular formula is C17H23ClN2OS. The number of carbonyl (C=O) groups is 1. The van der Waals surface area contributed by atoms with Crippen LogP contribution in [0.2, 0.25) is 0 Å². The van der Waals surface area contributed by atoms with Gasteiger partial charge in [-0.1, -0.05) is 30.3 Å². The number of hydrogen-bond acceptors (Lipinski definition) is 3. The molecule has 2 atom stereocenters. The average Bonchev–Trinajstić information content (AvgIpc) is 2.84. The summed E-state index contributed by atoms with van der Waals surface area (Å²) in [4.78, 5) is 14.7. The number of hydrogen-bond donors (Lipinski definition) is 2. The summed E-state index contributed by atoms with van der Waals surface area (Å²) >= 11 is 1.77. The summed E-state index contributed by atoms with van der Waals surface area (Å²) < 4.78 is 0. The van der Waals surface area contributed by atoms with Crippen LogP contribution in [-0.2, 0) is 17.6 Å². The first-order valence-corrected chi connectivity index (χ1v) is 8.01. The Morgan fingerprint density at radius 2 is 1.86 bits per heavy atom. The summed E-state index contributed by atoms with van der Waals surface area (Å²) in [7, 11) is 0. The Bertz CT molecular complexity index is 585. The lowest BCUT2D eigenvalue weighted by atomic mass is 10.1. The first-order valence-electron chi connectivity index (χ1n) is 7.20. The number of benzene rings is 1. The van der Waals surface area contributed by atoms with Gasteiger partial charge in [-0.15, -0.1) is 23.7 Å². The third kappa shape index (κ3) is 5.79. The van der Waals surface area contributed by atoms with Gasteiger partial charge in [0.25, 0.3) is 0 Å². The smallest absolute Gasteiger partial charge is 0.237 e. The van der Waals surface area contributed by atoms with Crippen molar-refractivity contribution in [1.82, 2.24) is 5.32 Å². The van der Waals surface area contributed by atoms with Gasteiger partial charge in [-0.05, 0) is 38.0 Å². The third-order valence-electron chi connectivity index (χ3n) is 3.33. The maximum atomic E-state index is 12.1. The Balaban J connectivity index is 0.00000242. The summed E-state index contributed by atoms with van der Waals surface area (Å²) in [6.07, 6.45) is 1.42. The Morgan fingerprint density at radius 3 is 2.45 bits per heavy atom. The van der Waals surface area contributed by atoms with Crippen LogP contribution in [0.4, 0.5) is 0 Å². The molecule has 2 rings (SSSR count). The zero-order valence-corrected chi connectivity index (χ0v) is 14.5. The molecule has 0 fully saturated rings. The molecule has 1 aromatic carbocycles. The van der Waals surface area contributed by atoms with E-state index >= 15 is 0 Å². The van der Waals surface area contributed by atoms with Crippen molar-refractivity contribution in [1.29, 1.82) is 0 Å². The van der Waals surface area contributed by atoms with E-state index in [2.05, 4.69) is 24.4 Å². The van der Waals surface area contributed by atoms with Gasteiger partial charge < -0.3 is 11.1 Å². The Kier molecular flexibility index (Phi) is 7.59. The molecule has 0 aliphatic heterocycles. The maximum Gasteiger partial charge on any atom is 0.237 e. The molecule has 0 saturated carbocycles. The highest BCUT2D eigenvalue weighted by Crippen LogP contribution is 2.16. The quantitative estimate of drug-likeness (QED) is 0.850. The third-order valence-corrected chi connectivity index (χ3v) is 4.35. The van der Waals surface area contributed by atoms with E-state index < -0.39 is 6.04 Å². The van der Waals surface area contributed by atoms with Crippen LogP contribution >= 0.6 is 23.7 Å². The molecule has 5 heteroatoms. The van der Waals surface area contributed by atoms with Gasteiger partial charge >= 0.3 is 0 Å². The Hall–Kier alpha value is -1.36. The largest absolute Gasteiger partial charge is 0.352 e. The summed E-state index contributed by atoms with van der Waals surface area (Å²) in [5.74, 6) is -0.0837. The number of amides is 1. The molecule has 0 aliphatic carbocycles. The molecule has 1 aromatic heterocycles. The standard InChI is InChI=1S/C17H22N2OS.ClH/c1-12(10-15-9-8-13(2)21-15)19-17(20)16(18)11-14-6-4-3-5-7-14;/h3-9,12,16H,10-11,18H2,1-2H3,(H,19,20);1H/t12?,16-;/m0./s1. The molecule has 0 aliphatic rings. The molecule has 3 nitrogen and oxygen atoms in total. The zero-order chi connectivity index (χ0) is 15.2. The number of carbonyl (C=O) groups excluding carboxylic acids is 1.